The van der Waals surface area contributed by atoms with Crippen LogP contribution >= 0.6 is 11.8 Å². The van der Waals surface area contributed by atoms with Gasteiger partial charge in [-0.1, -0.05) is 18.2 Å². The number of benzene rings is 3. The van der Waals surface area contributed by atoms with Gasteiger partial charge in [0.05, 0.1) is 17.3 Å². The van der Waals surface area contributed by atoms with Crippen LogP contribution < -0.4 is 5.32 Å². The summed E-state index contributed by atoms with van der Waals surface area (Å²) >= 11 is -0.359. The molecule has 1 heterocycles. The van der Waals surface area contributed by atoms with Gasteiger partial charge in [-0.05, 0) is 72.6 Å². The lowest BCUT2D eigenvalue weighted by Gasteiger charge is -2.12. The van der Waals surface area contributed by atoms with Crippen molar-refractivity contribution in [1.29, 1.82) is 0 Å². The normalized spacial score (nSPS) is 15.8. The largest absolute Gasteiger partial charge is 0.506 e. The van der Waals surface area contributed by atoms with E-state index in [0.717, 1.165) is 23.8 Å². The van der Waals surface area contributed by atoms with Gasteiger partial charge in [0.15, 0.2) is 0 Å². The molecule has 1 unspecified atom stereocenters. The molecule has 1 aliphatic heterocycles. The van der Waals surface area contributed by atoms with Gasteiger partial charge in [-0.3, -0.25) is 9.79 Å². The molecule has 0 saturated heterocycles. The summed E-state index contributed by atoms with van der Waals surface area (Å²) in [5, 5.41) is 12.3. The number of phenols is 1. The van der Waals surface area contributed by atoms with Crippen LogP contribution in [0.25, 0.3) is 0 Å². The van der Waals surface area contributed by atoms with Crippen molar-refractivity contribution in [2.75, 3.05) is 5.32 Å². The second kappa shape index (κ2) is 9.46. The van der Waals surface area contributed by atoms with Crippen LogP contribution in [0.15, 0.2) is 70.6 Å². The summed E-state index contributed by atoms with van der Waals surface area (Å²) in [7, 11) is 0. The van der Waals surface area contributed by atoms with Gasteiger partial charge in [-0.25, -0.2) is 8.78 Å². The van der Waals surface area contributed by atoms with Crippen LogP contribution in [0.2, 0.25) is 0 Å². The highest BCUT2D eigenvalue weighted by molar-refractivity contribution is 8.00. The number of hydrogen-bond donors (Lipinski definition) is 2. The van der Waals surface area contributed by atoms with E-state index in [1.54, 1.807) is 12.1 Å². The van der Waals surface area contributed by atoms with Crippen molar-refractivity contribution in [3.63, 3.8) is 0 Å². The predicted octanol–water partition coefficient (Wildman–Crippen LogP) is 6.86. The Kier molecular flexibility index (Phi) is 6.60. The molecule has 1 aliphatic rings. The standard InChI is InChI=1S/C24H17F5N2O2S/c25-16-2-1-3-17(26)22(16)19-10-9-18(30-19)13-4-6-14(7-5-13)23(33)31-20-12-15(8-11-21(20)32)34-24(27,28)29/h1-8,11-12,18,32H,9-10H2,(H,31,33). The number of nitrogens with one attached hydrogen (secondary N) is 1. The van der Waals surface area contributed by atoms with E-state index >= 15 is 0 Å². The molecular formula is C24H17F5N2O2S. The summed E-state index contributed by atoms with van der Waals surface area (Å²) in [4.78, 5) is 16.8. The lowest BCUT2D eigenvalue weighted by Crippen LogP contribution is -2.12. The Morgan fingerprint density at radius 3 is 2.35 bits per heavy atom. The number of aromatic hydroxyl groups is 1. The first-order valence-electron chi connectivity index (χ1n) is 10.1. The molecule has 0 bridgehead atoms. The Bertz CT molecular complexity index is 1240. The van der Waals surface area contributed by atoms with E-state index in [-0.39, 0.29) is 45.3 Å². The van der Waals surface area contributed by atoms with E-state index < -0.39 is 23.0 Å². The zero-order valence-electron chi connectivity index (χ0n) is 17.4. The summed E-state index contributed by atoms with van der Waals surface area (Å²) in [6, 6.07) is 12.8. The maximum absolute atomic E-state index is 14.0. The highest BCUT2D eigenvalue weighted by atomic mass is 32.2. The molecule has 176 valence electrons. The van der Waals surface area contributed by atoms with Crippen LogP contribution in [0.3, 0.4) is 0 Å². The SMILES string of the molecule is O=C(Nc1cc(SC(F)(F)F)ccc1O)c1ccc(C2CCC(c3c(F)cccc3F)=N2)cc1. The maximum Gasteiger partial charge on any atom is 0.446 e. The first-order chi connectivity index (χ1) is 16.1. The molecular weight excluding hydrogens is 475 g/mol. The Hall–Kier alpha value is -3.40. The summed E-state index contributed by atoms with van der Waals surface area (Å²) < 4.78 is 65.9. The average molecular weight is 492 g/mol. The molecule has 0 aliphatic carbocycles. The number of nitrogens with zero attached hydrogens (tertiary/aromatic N) is 1. The molecule has 3 aromatic carbocycles. The molecule has 0 fully saturated rings. The summed E-state index contributed by atoms with van der Waals surface area (Å²) in [6.45, 7) is 0. The molecule has 4 rings (SSSR count). The summed E-state index contributed by atoms with van der Waals surface area (Å²) in [5.74, 6) is -2.34. The zero-order chi connectivity index (χ0) is 24.5. The average Bonchev–Trinajstić information content (AvgIpc) is 3.25. The summed E-state index contributed by atoms with van der Waals surface area (Å²) in [6.07, 6.45) is 0.947. The minimum Gasteiger partial charge on any atom is -0.506 e. The molecule has 0 aromatic heterocycles. The predicted molar refractivity (Wildman–Crippen MR) is 119 cm³/mol. The van der Waals surface area contributed by atoms with Gasteiger partial charge < -0.3 is 10.4 Å². The second-order valence-electron chi connectivity index (χ2n) is 7.53. The molecule has 0 saturated carbocycles. The monoisotopic (exact) mass is 492 g/mol. The Labute approximate surface area is 195 Å². The van der Waals surface area contributed by atoms with Crippen LogP contribution in [-0.4, -0.2) is 22.2 Å². The van der Waals surface area contributed by atoms with Crippen LogP contribution in [0.5, 0.6) is 5.75 Å². The van der Waals surface area contributed by atoms with Crippen LogP contribution in [0, 0.1) is 11.6 Å². The molecule has 1 atom stereocenters. The van der Waals surface area contributed by atoms with Gasteiger partial charge in [-0.2, -0.15) is 13.2 Å². The summed E-state index contributed by atoms with van der Waals surface area (Å²) in [5.41, 5.74) is -3.50. The molecule has 3 aromatic rings. The van der Waals surface area contributed by atoms with E-state index in [9.17, 15) is 31.9 Å². The third-order valence-corrected chi connectivity index (χ3v) is 5.95. The smallest absolute Gasteiger partial charge is 0.446 e. The number of aliphatic imine (C=N–C) groups is 1. The van der Waals surface area contributed by atoms with E-state index in [2.05, 4.69) is 10.3 Å². The number of amides is 1. The van der Waals surface area contributed by atoms with E-state index in [4.69, 9.17) is 0 Å². The van der Waals surface area contributed by atoms with Crippen molar-refractivity contribution >= 4 is 29.1 Å². The highest BCUT2D eigenvalue weighted by Gasteiger charge is 2.29. The van der Waals surface area contributed by atoms with Gasteiger partial charge in [0.2, 0.25) is 0 Å². The number of rotatable bonds is 5. The maximum atomic E-state index is 14.0. The minimum atomic E-state index is -4.51. The van der Waals surface area contributed by atoms with Gasteiger partial charge in [-0.15, -0.1) is 0 Å². The van der Waals surface area contributed by atoms with Crippen molar-refractivity contribution in [2.45, 2.75) is 29.3 Å². The van der Waals surface area contributed by atoms with Crippen molar-refractivity contribution in [3.8, 4) is 5.75 Å². The molecule has 0 spiro atoms. The van der Waals surface area contributed by atoms with Gasteiger partial charge in [0.25, 0.3) is 5.91 Å². The third-order valence-electron chi connectivity index (χ3n) is 5.23. The number of thioether (sulfide) groups is 1. The van der Waals surface area contributed by atoms with Crippen molar-refractivity contribution in [2.24, 2.45) is 4.99 Å². The number of carbonyl (C=O) groups is 1. The number of alkyl halides is 3. The van der Waals surface area contributed by atoms with Gasteiger partial charge in [0.1, 0.15) is 17.4 Å². The molecule has 4 nitrogen and oxygen atoms in total. The molecule has 34 heavy (non-hydrogen) atoms. The molecule has 1 amide bonds. The number of halogens is 5. The highest BCUT2D eigenvalue weighted by Crippen LogP contribution is 2.39. The second-order valence-corrected chi connectivity index (χ2v) is 8.67. The number of carbonyl (C=O) groups excluding carboxylic acids is 1. The van der Waals surface area contributed by atoms with E-state index in [0.29, 0.717) is 18.6 Å². The zero-order valence-corrected chi connectivity index (χ0v) is 18.2. The van der Waals surface area contributed by atoms with Crippen molar-refractivity contribution in [3.05, 3.63) is 89.0 Å². The fraction of sp³-hybridized carbons (Fsp3) is 0.167. The minimum absolute atomic E-state index is 0.133. The topological polar surface area (TPSA) is 61.7 Å². The quantitative estimate of drug-likeness (QED) is 0.232. The van der Waals surface area contributed by atoms with Crippen LogP contribution in [0.4, 0.5) is 27.6 Å². The lowest BCUT2D eigenvalue weighted by atomic mass is 10.0. The molecule has 2 N–H and O–H groups in total. The van der Waals surface area contributed by atoms with E-state index in [1.807, 2.05) is 0 Å². The van der Waals surface area contributed by atoms with Crippen LogP contribution in [0.1, 0.15) is 40.4 Å². The van der Waals surface area contributed by atoms with Crippen molar-refractivity contribution in [1.82, 2.24) is 0 Å². The van der Waals surface area contributed by atoms with Crippen molar-refractivity contribution < 1.29 is 31.9 Å². The lowest BCUT2D eigenvalue weighted by molar-refractivity contribution is -0.0328. The van der Waals surface area contributed by atoms with Gasteiger partial charge >= 0.3 is 5.51 Å². The first-order valence-corrected chi connectivity index (χ1v) is 10.9. The van der Waals surface area contributed by atoms with Gasteiger partial charge in [0, 0.05) is 16.2 Å². The van der Waals surface area contributed by atoms with E-state index in [1.165, 1.54) is 30.3 Å². The molecule has 10 heteroatoms. The number of phenolic OH excluding ortho intramolecular Hbond substituents is 1. The first kappa shape index (κ1) is 23.7. The fourth-order valence-corrected chi connectivity index (χ4v) is 4.24. The Balaban J connectivity index is 1.48. The number of anilines is 1. The fourth-order valence-electron chi connectivity index (χ4n) is 3.66. The number of hydrogen-bond acceptors (Lipinski definition) is 4. The Morgan fingerprint density at radius 1 is 1.03 bits per heavy atom. The molecule has 0 radical (unpaired) electrons. The third kappa shape index (κ3) is 5.39. The van der Waals surface area contributed by atoms with Crippen LogP contribution in [-0.2, 0) is 0 Å². The Morgan fingerprint density at radius 2 is 1.71 bits per heavy atom.